The molecule has 1 atom stereocenters. The van der Waals surface area contributed by atoms with E-state index in [1.807, 2.05) is 24.8 Å². The fraction of sp³-hybridized carbons (Fsp3) is 0.333. The van der Waals surface area contributed by atoms with Crippen molar-refractivity contribution >= 4 is 48.4 Å². The van der Waals surface area contributed by atoms with Crippen LogP contribution in [0.3, 0.4) is 0 Å². The Morgan fingerprint density at radius 3 is 2.84 bits per heavy atom. The number of nitrogens with zero attached hydrogens (tertiary/aromatic N) is 5. The van der Waals surface area contributed by atoms with Crippen LogP contribution in [0.2, 0.25) is 0 Å². The normalized spacial score (nSPS) is 21.4. The molecule has 2 saturated heterocycles. The van der Waals surface area contributed by atoms with Gasteiger partial charge in [-0.2, -0.15) is 5.10 Å². The maximum atomic E-state index is 4.98. The quantitative estimate of drug-likeness (QED) is 0.386. The Labute approximate surface area is 185 Å². The van der Waals surface area contributed by atoms with Crippen molar-refractivity contribution in [1.82, 2.24) is 35.5 Å². The highest BCUT2D eigenvalue weighted by Crippen LogP contribution is 2.45. The Bertz CT molecular complexity index is 1360. The lowest BCUT2D eigenvalue weighted by atomic mass is 9.79. The molecule has 0 radical (unpaired) electrons. The van der Waals surface area contributed by atoms with Crippen molar-refractivity contribution in [3.63, 3.8) is 0 Å². The van der Waals surface area contributed by atoms with Gasteiger partial charge in [-0.25, -0.2) is 9.97 Å². The number of aromatic nitrogens is 6. The second-order valence-electron chi connectivity index (χ2n) is 8.31. The summed E-state index contributed by atoms with van der Waals surface area (Å²) in [7, 11) is 0. The third-order valence-electron chi connectivity index (χ3n) is 6.63. The first-order chi connectivity index (χ1) is 15.3. The van der Waals surface area contributed by atoms with Crippen LogP contribution >= 0.6 is 22.7 Å². The second kappa shape index (κ2) is 6.59. The molecule has 0 amide bonds. The summed E-state index contributed by atoms with van der Waals surface area (Å²) in [6.45, 7) is 3.29. The molecule has 0 bridgehead atoms. The number of nitrogens with one attached hydrogen (secondary N) is 3. The zero-order valence-corrected chi connectivity index (χ0v) is 18.3. The van der Waals surface area contributed by atoms with Crippen LogP contribution in [-0.2, 0) is 0 Å². The van der Waals surface area contributed by atoms with Gasteiger partial charge in [0.15, 0.2) is 14.8 Å². The summed E-state index contributed by atoms with van der Waals surface area (Å²) < 4.78 is 0. The van der Waals surface area contributed by atoms with Crippen LogP contribution in [0.4, 0.5) is 5.13 Å². The number of pyridine rings is 1. The topological polar surface area (TPSA) is 98.4 Å². The lowest BCUT2D eigenvalue weighted by molar-refractivity contribution is 0.211. The van der Waals surface area contributed by atoms with Gasteiger partial charge in [-0.1, -0.05) is 22.7 Å². The monoisotopic (exact) mass is 448 g/mol. The number of hydrogen-bond donors (Lipinski definition) is 3. The first-order valence-electron chi connectivity index (χ1n) is 10.5. The summed E-state index contributed by atoms with van der Waals surface area (Å²) in [5.74, 6) is 0. The molecule has 0 aromatic carbocycles. The number of anilines is 1. The molecule has 10 heteroatoms. The third kappa shape index (κ3) is 2.61. The fourth-order valence-corrected chi connectivity index (χ4v) is 7.10. The average molecular weight is 449 g/mol. The molecule has 3 N–H and O–H groups in total. The van der Waals surface area contributed by atoms with E-state index in [4.69, 9.17) is 15.0 Å². The molecule has 2 aliphatic rings. The van der Waals surface area contributed by atoms with Gasteiger partial charge in [0.1, 0.15) is 10.7 Å². The minimum Gasteiger partial charge on any atom is -0.359 e. The van der Waals surface area contributed by atoms with E-state index >= 15 is 0 Å². The molecule has 156 valence electrons. The molecule has 1 unspecified atom stereocenters. The van der Waals surface area contributed by atoms with Gasteiger partial charge in [-0.3, -0.25) is 10.1 Å². The highest BCUT2D eigenvalue weighted by atomic mass is 32.1. The largest absolute Gasteiger partial charge is 0.359 e. The van der Waals surface area contributed by atoms with E-state index in [9.17, 15) is 0 Å². The average Bonchev–Trinajstić information content (AvgIpc) is 3.56. The molecular formula is C21H20N8S2. The number of thiazole rings is 2. The Morgan fingerprint density at radius 2 is 2.06 bits per heavy atom. The lowest BCUT2D eigenvalue weighted by Gasteiger charge is -2.55. The van der Waals surface area contributed by atoms with E-state index in [0.29, 0.717) is 0 Å². The van der Waals surface area contributed by atoms with Gasteiger partial charge in [0.2, 0.25) is 0 Å². The van der Waals surface area contributed by atoms with Gasteiger partial charge in [0.25, 0.3) is 0 Å². The molecular weight excluding hydrogens is 428 g/mol. The zero-order chi connectivity index (χ0) is 20.4. The highest BCUT2D eigenvalue weighted by Gasteiger charge is 2.46. The number of aromatic amines is 2. The molecule has 2 fully saturated rings. The Hall–Kier alpha value is -2.82. The number of rotatable bonds is 3. The highest BCUT2D eigenvalue weighted by molar-refractivity contribution is 7.29. The van der Waals surface area contributed by atoms with Crippen LogP contribution in [0.5, 0.6) is 0 Å². The van der Waals surface area contributed by atoms with Crippen molar-refractivity contribution in [3.05, 3.63) is 30.9 Å². The predicted molar refractivity (Wildman–Crippen MR) is 125 cm³/mol. The summed E-state index contributed by atoms with van der Waals surface area (Å²) in [6.07, 6.45) is 11.3. The van der Waals surface area contributed by atoms with Crippen LogP contribution in [0, 0.1) is 0 Å². The van der Waals surface area contributed by atoms with Gasteiger partial charge in [0.05, 0.1) is 17.3 Å². The van der Waals surface area contributed by atoms with Crippen LogP contribution < -0.4 is 10.2 Å². The standard InChI is InChI=1S/C21H20N8S2/c1-3-21(11-22-5-1)4-7-29(21)20-28-19-18(31-20)27-17(30-19)16-15-13(2-6-23-15)14(10-24-16)12-8-25-26-9-12/h2,6,8-10,22-23H,1,3-5,7,11H2,(H,25,26). The van der Waals surface area contributed by atoms with E-state index in [1.54, 1.807) is 22.7 Å². The van der Waals surface area contributed by atoms with E-state index in [2.05, 4.69) is 31.5 Å². The van der Waals surface area contributed by atoms with Crippen LogP contribution in [0.15, 0.2) is 30.9 Å². The first-order valence-corrected chi connectivity index (χ1v) is 12.2. The van der Waals surface area contributed by atoms with Crippen LogP contribution in [-0.4, -0.2) is 55.3 Å². The molecule has 5 aromatic heterocycles. The summed E-state index contributed by atoms with van der Waals surface area (Å²) in [4.78, 5) is 22.5. The lowest BCUT2D eigenvalue weighted by Crippen LogP contribution is -2.66. The minimum atomic E-state index is 0.266. The molecule has 8 nitrogen and oxygen atoms in total. The van der Waals surface area contributed by atoms with Crippen molar-refractivity contribution < 1.29 is 0 Å². The second-order valence-corrected chi connectivity index (χ2v) is 10.2. The van der Waals surface area contributed by atoms with Crippen molar-refractivity contribution in [2.24, 2.45) is 0 Å². The molecule has 31 heavy (non-hydrogen) atoms. The number of fused-ring (bicyclic) bond motifs is 2. The van der Waals surface area contributed by atoms with Crippen LogP contribution in [0.25, 0.3) is 42.4 Å². The van der Waals surface area contributed by atoms with Crippen molar-refractivity contribution in [2.75, 3.05) is 24.5 Å². The maximum absolute atomic E-state index is 4.98. The van der Waals surface area contributed by atoms with E-state index in [1.165, 1.54) is 19.3 Å². The molecule has 7 rings (SSSR count). The Morgan fingerprint density at radius 1 is 1.10 bits per heavy atom. The molecule has 5 aromatic rings. The predicted octanol–water partition coefficient (Wildman–Crippen LogP) is 4.02. The van der Waals surface area contributed by atoms with E-state index < -0.39 is 0 Å². The molecule has 0 saturated carbocycles. The van der Waals surface area contributed by atoms with Crippen molar-refractivity contribution in [2.45, 2.75) is 24.8 Å². The van der Waals surface area contributed by atoms with E-state index in [-0.39, 0.29) is 5.54 Å². The summed E-state index contributed by atoms with van der Waals surface area (Å²) >= 11 is 3.33. The van der Waals surface area contributed by atoms with Gasteiger partial charge in [0, 0.05) is 48.2 Å². The Kier molecular flexibility index (Phi) is 3.79. The zero-order valence-electron chi connectivity index (χ0n) is 16.7. The Balaban J connectivity index is 1.26. The smallest absolute Gasteiger partial charge is 0.189 e. The maximum Gasteiger partial charge on any atom is 0.189 e. The van der Waals surface area contributed by atoms with E-state index in [0.717, 1.165) is 67.2 Å². The van der Waals surface area contributed by atoms with Gasteiger partial charge in [-0.05, 0) is 31.9 Å². The third-order valence-corrected chi connectivity index (χ3v) is 8.68. The summed E-state index contributed by atoms with van der Waals surface area (Å²) in [5, 5.41) is 13.7. The number of H-pyrrole nitrogens is 2. The van der Waals surface area contributed by atoms with Gasteiger partial charge >= 0.3 is 0 Å². The molecule has 0 aliphatic carbocycles. The SMILES string of the molecule is c1cc2c(-c3cn[nH]c3)cnc(-c3nc4sc(N5CCC56CCCNC6)nc4s3)c2[nH]1. The molecule has 7 heterocycles. The van der Waals surface area contributed by atoms with Gasteiger partial charge < -0.3 is 15.2 Å². The number of hydrogen-bond acceptors (Lipinski definition) is 8. The number of piperidine rings is 1. The summed E-state index contributed by atoms with van der Waals surface area (Å²) in [6, 6.07) is 2.08. The first kappa shape index (κ1) is 17.8. The van der Waals surface area contributed by atoms with Crippen molar-refractivity contribution in [3.8, 4) is 21.8 Å². The molecule has 1 spiro atoms. The molecule has 2 aliphatic heterocycles. The summed E-state index contributed by atoms with van der Waals surface area (Å²) in [5.41, 5.74) is 4.21. The van der Waals surface area contributed by atoms with Crippen LogP contribution in [0.1, 0.15) is 19.3 Å². The fourth-order valence-electron chi connectivity index (χ4n) is 4.93. The van der Waals surface area contributed by atoms with Gasteiger partial charge in [-0.15, -0.1) is 0 Å². The minimum absolute atomic E-state index is 0.266. The van der Waals surface area contributed by atoms with Crippen molar-refractivity contribution in [1.29, 1.82) is 0 Å².